The van der Waals surface area contributed by atoms with E-state index in [0.29, 0.717) is 6.04 Å². The topological polar surface area (TPSA) is 53.0 Å². The molecule has 1 aliphatic carbocycles. The van der Waals surface area contributed by atoms with Gasteiger partial charge >= 0.3 is 5.97 Å². The van der Waals surface area contributed by atoms with Gasteiger partial charge in [-0.2, -0.15) is 0 Å². The summed E-state index contributed by atoms with van der Waals surface area (Å²) in [6.45, 7) is 2.97. The van der Waals surface area contributed by atoms with Gasteiger partial charge in [0.2, 0.25) is 0 Å². The second-order valence-electron chi connectivity index (χ2n) is 9.05. The van der Waals surface area contributed by atoms with Crippen molar-refractivity contribution in [1.82, 2.24) is 4.90 Å². The monoisotopic (exact) mass is 366 g/mol. The molecule has 5 heterocycles. The van der Waals surface area contributed by atoms with Gasteiger partial charge in [-0.1, -0.05) is 29.8 Å². The van der Waals surface area contributed by atoms with Crippen molar-refractivity contribution in [2.75, 3.05) is 25.6 Å². The second kappa shape index (κ2) is 4.76. The van der Waals surface area contributed by atoms with Crippen LogP contribution in [0.2, 0.25) is 0 Å². The first-order chi connectivity index (χ1) is 13.0. The van der Waals surface area contributed by atoms with Gasteiger partial charge in [0.05, 0.1) is 19.3 Å². The largest absolute Gasteiger partial charge is 0.468 e. The molecule has 1 N–H and O–H groups in total. The fourth-order valence-electron chi connectivity index (χ4n) is 7.97. The Morgan fingerprint density at radius 2 is 2.15 bits per heavy atom. The summed E-state index contributed by atoms with van der Waals surface area (Å²) in [5.41, 5.74) is 2.48. The van der Waals surface area contributed by atoms with Crippen LogP contribution in [-0.4, -0.2) is 60.9 Å². The van der Waals surface area contributed by atoms with Crippen molar-refractivity contribution in [1.29, 1.82) is 0 Å². The molecule has 0 amide bonds. The number of anilines is 1. The average Bonchev–Trinajstić information content (AvgIpc) is 3.08. The zero-order chi connectivity index (χ0) is 18.7. The van der Waals surface area contributed by atoms with Crippen molar-refractivity contribution in [3.05, 3.63) is 41.5 Å². The SMILES string of the molecule is C/C=C1/CN2[C@H]3C[C@@]45c6ccccc6N(C)[C@@H]4[C@@H]2C[C@@H]1[C@]3(C(=O)OC)C5O. The van der Waals surface area contributed by atoms with Gasteiger partial charge in [0, 0.05) is 42.7 Å². The number of hydrogen-bond donors (Lipinski definition) is 1. The van der Waals surface area contributed by atoms with Crippen molar-refractivity contribution >= 4 is 11.7 Å². The fraction of sp³-hybridized carbons (Fsp3) is 0.591. The highest BCUT2D eigenvalue weighted by atomic mass is 16.5. The number of carbonyl (C=O) groups is 1. The lowest BCUT2D eigenvalue weighted by atomic mass is 9.58. The van der Waals surface area contributed by atoms with Crippen molar-refractivity contribution in [3.8, 4) is 0 Å². The minimum absolute atomic E-state index is 0.0585. The van der Waals surface area contributed by atoms with E-state index in [2.05, 4.69) is 54.1 Å². The normalized spacial score (nSPS) is 49.5. The molecule has 5 nitrogen and oxygen atoms in total. The van der Waals surface area contributed by atoms with Gasteiger partial charge in [0.25, 0.3) is 0 Å². The third-order valence-corrected chi connectivity index (χ3v) is 8.72. The molecule has 0 radical (unpaired) electrons. The molecule has 0 aromatic heterocycles. The Labute approximate surface area is 159 Å². The number of aliphatic hydroxyl groups is 1. The molecule has 1 aromatic rings. The van der Waals surface area contributed by atoms with Gasteiger partial charge in [-0.25, -0.2) is 0 Å². The molecule has 8 atom stereocenters. The van der Waals surface area contributed by atoms with Crippen LogP contribution < -0.4 is 4.90 Å². The molecule has 5 heteroatoms. The van der Waals surface area contributed by atoms with Gasteiger partial charge in [0.15, 0.2) is 0 Å². The van der Waals surface area contributed by atoms with Gasteiger partial charge in [-0.3, -0.25) is 9.69 Å². The second-order valence-corrected chi connectivity index (χ2v) is 9.05. The van der Waals surface area contributed by atoms with Gasteiger partial charge in [-0.15, -0.1) is 0 Å². The van der Waals surface area contributed by atoms with Crippen LogP contribution in [0.25, 0.3) is 0 Å². The van der Waals surface area contributed by atoms with E-state index in [9.17, 15) is 9.90 Å². The molecule has 4 saturated heterocycles. The Kier molecular flexibility index (Phi) is 2.84. The molecule has 5 aliphatic heterocycles. The van der Waals surface area contributed by atoms with Crippen LogP contribution in [0.5, 0.6) is 0 Å². The Balaban J connectivity index is 1.67. The predicted octanol–water partition coefficient (Wildman–Crippen LogP) is 1.70. The molecule has 27 heavy (non-hydrogen) atoms. The number of nitrogens with zero attached hydrogens (tertiary/aromatic N) is 2. The van der Waals surface area contributed by atoms with E-state index in [0.717, 1.165) is 19.4 Å². The van der Waals surface area contributed by atoms with Crippen molar-refractivity contribution in [3.63, 3.8) is 0 Å². The lowest BCUT2D eigenvalue weighted by Gasteiger charge is -2.61. The average molecular weight is 366 g/mol. The zero-order valence-corrected chi connectivity index (χ0v) is 16.1. The molecular weight excluding hydrogens is 340 g/mol. The van der Waals surface area contributed by atoms with Gasteiger partial charge in [0.1, 0.15) is 5.41 Å². The first kappa shape index (κ1) is 16.1. The Morgan fingerprint density at radius 1 is 1.37 bits per heavy atom. The minimum atomic E-state index is -0.849. The molecular formula is C22H26N2O3. The van der Waals surface area contributed by atoms with Gasteiger partial charge in [-0.05, 0) is 31.4 Å². The third kappa shape index (κ3) is 1.40. The number of para-hydroxylation sites is 1. The standard InChI is InChI=1S/C22H26N2O3/c1-4-12-11-24-16-9-14(12)22(20(26)27-3)17(24)10-21(19(22)25)13-7-5-6-8-15(13)23(2)18(16)21/h4-8,14,16-19,25H,9-11H2,1-3H3/b12-4-/t14-,16-,17-,18+,19?,21+,22+/m0/s1. The van der Waals surface area contributed by atoms with E-state index >= 15 is 0 Å². The number of allylic oxidation sites excluding steroid dienone is 1. The number of carbonyl (C=O) groups excluding carboxylic acids is 1. The number of likely N-dealkylation sites (N-methyl/N-ethyl adjacent to an activating group) is 1. The highest BCUT2D eigenvalue weighted by Crippen LogP contribution is 2.72. The summed E-state index contributed by atoms with van der Waals surface area (Å²) in [5, 5.41) is 12.0. The molecule has 1 aromatic carbocycles. The third-order valence-electron chi connectivity index (χ3n) is 8.72. The minimum Gasteiger partial charge on any atom is -0.468 e. The van der Waals surface area contributed by atoms with E-state index in [-0.39, 0.29) is 29.4 Å². The summed E-state index contributed by atoms with van der Waals surface area (Å²) in [7, 11) is 3.63. The zero-order valence-electron chi connectivity index (χ0n) is 16.1. The molecule has 2 unspecified atom stereocenters. The molecule has 1 spiro atoms. The number of ether oxygens (including phenoxy) is 1. The van der Waals surface area contributed by atoms with Crippen LogP contribution in [0.3, 0.4) is 0 Å². The maximum atomic E-state index is 13.3. The van der Waals surface area contributed by atoms with Gasteiger partial charge < -0.3 is 14.7 Å². The van der Waals surface area contributed by atoms with Crippen LogP contribution in [-0.2, 0) is 14.9 Å². The molecule has 5 fully saturated rings. The summed E-state index contributed by atoms with van der Waals surface area (Å²) in [6.07, 6.45) is 3.19. The number of piperidine rings is 4. The smallest absolute Gasteiger partial charge is 0.316 e. The summed E-state index contributed by atoms with van der Waals surface area (Å²) < 4.78 is 5.37. The molecule has 7 rings (SSSR count). The molecule has 5 bridgehead atoms. The fourth-order valence-corrected chi connectivity index (χ4v) is 7.97. The summed E-state index contributed by atoms with van der Waals surface area (Å²) >= 11 is 0. The van der Waals surface area contributed by atoms with E-state index in [1.54, 1.807) is 0 Å². The van der Waals surface area contributed by atoms with Crippen LogP contribution in [0.1, 0.15) is 25.3 Å². The Hall–Kier alpha value is -1.85. The number of methoxy groups -OCH3 is 1. The highest BCUT2D eigenvalue weighted by Gasteiger charge is 2.82. The number of benzene rings is 1. The van der Waals surface area contributed by atoms with Crippen molar-refractivity contribution in [2.45, 2.75) is 49.4 Å². The molecule has 142 valence electrons. The van der Waals surface area contributed by atoms with Crippen LogP contribution in [0.15, 0.2) is 35.9 Å². The lowest BCUT2D eigenvalue weighted by Crippen LogP contribution is -2.71. The van der Waals surface area contributed by atoms with E-state index < -0.39 is 11.5 Å². The van der Waals surface area contributed by atoms with Crippen LogP contribution in [0, 0.1) is 11.3 Å². The number of fused-ring (bicyclic) bond motifs is 2. The maximum absolute atomic E-state index is 13.3. The number of aliphatic hydroxyl groups excluding tert-OH is 1. The van der Waals surface area contributed by atoms with Crippen LogP contribution >= 0.6 is 0 Å². The van der Waals surface area contributed by atoms with E-state index in [1.165, 1.54) is 23.9 Å². The molecule has 1 saturated carbocycles. The van der Waals surface area contributed by atoms with Crippen molar-refractivity contribution < 1.29 is 14.6 Å². The summed E-state index contributed by atoms with van der Waals surface area (Å²) in [5.74, 6) is -0.146. The molecule has 6 aliphatic rings. The van der Waals surface area contributed by atoms with E-state index in [4.69, 9.17) is 4.74 Å². The predicted molar refractivity (Wildman–Crippen MR) is 102 cm³/mol. The quantitative estimate of drug-likeness (QED) is 0.606. The number of esters is 1. The first-order valence-electron chi connectivity index (χ1n) is 10.0. The van der Waals surface area contributed by atoms with E-state index in [1.807, 2.05) is 0 Å². The summed E-state index contributed by atoms with van der Waals surface area (Å²) in [6, 6.07) is 9.09. The Bertz CT molecular complexity index is 897. The van der Waals surface area contributed by atoms with Crippen LogP contribution in [0.4, 0.5) is 5.69 Å². The number of rotatable bonds is 1. The summed E-state index contributed by atoms with van der Waals surface area (Å²) in [4.78, 5) is 18.2. The lowest BCUT2D eigenvalue weighted by molar-refractivity contribution is -0.179. The Morgan fingerprint density at radius 3 is 2.89 bits per heavy atom. The highest BCUT2D eigenvalue weighted by molar-refractivity contribution is 5.84. The number of hydrogen-bond acceptors (Lipinski definition) is 5. The maximum Gasteiger partial charge on any atom is 0.316 e. The van der Waals surface area contributed by atoms with Crippen molar-refractivity contribution in [2.24, 2.45) is 11.3 Å². The first-order valence-corrected chi connectivity index (χ1v) is 10.0.